The Morgan fingerprint density at radius 1 is 1.18 bits per heavy atom. The molecule has 0 fully saturated rings. The number of hydrogen-bond donors (Lipinski definition) is 0. The van der Waals surface area contributed by atoms with Crippen LogP contribution in [-0.2, 0) is 13.0 Å². The van der Waals surface area contributed by atoms with Crippen molar-refractivity contribution in [3.63, 3.8) is 0 Å². The SMILES string of the molecule is CC(Cc1nc2c(ncn2CC(F)F)c(=O)n1-c1ccc(Cl)cc1)C(F)(F)F. The number of alkyl halides is 5. The van der Waals surface area contributed by atoms with Crippen molar-refractivity contribution in [2.24, 2.45) is 5.92 Å². The fourth-order valence-corrected chi connectivity index (χ4v) is 2.83. The Morgan fingerprint density at radius 3 is 2.39 bits per heavy atom. The molecule has 1 aromatic carbocycles. The van der Waals surface area contributed by atoms with Crippen molar-refractivity contribution in [2.45, 2.75) is 32.5 Å². The number of aromatic nitrogens is 4. The van der Waals surface area contributed by atoms with Crippen LogP contribution in [0.1, 0.15) is 12.7 Å². The van der Waals surface area contributed by atoms with Gasteiger partial charge in [0, 0.05) is 11.4 Å². The van der Waals surface area contributed by atoms with Crippen molar-refractivity contribution in [2.75, 3.05) is 0 Å². The van der Waals surface area contributed by atoms with Crippen LogP contribution in [0.3, 0.4) is 0 Å². The van der Waals surface area contributed by atoms with Gasteiger partial charge in [0.05, 0.1) is 24.5 Å². The van der Waals surface area contributed by atoms with E-state index in [1.165, 1.54) is 24.3 Å². The van der Waals surface area contributed by atoms with Crippen molar-refractivity contribution in [3.05, 3.63) is 51.8 Å². The fourth-order valence-electron chi connectivity index (χ4n) is 2.70. The molecule has 1 atom stereocenters. The average Bonchev–Trinajstić information content (AvgIpc) is 2.98. The lowest BCUT2D eigenvalue weighted by Gasteiger charge is -2.18. The zero-order valence-corrected chi connectivity index (χ0v) is 15.2. The van der Waals surface area contributed by atoms with E-state index in [1.807, 2.05) is 0 Å². The van der Waals surface area contributed by atoms with Crippen molar-refractivity contribution >= 4 is 22.8 Å². The molecule has 0 saturated heterocycles. The highest BCUT2D eigenvalue weighted by atomic mass is 35.5. The first-order valence-corrected chi connectivity index (χ1v) is 8.53. The Kier molecular flexibility index (Phi) is 5.42. The Morgan fingerprint density at radius 2 is 1.82 bits per heavy atom. The number of fused-ring (bicyclic) bond motifs is 1. The van der Waals surface area contributed by atoms with E-state index in [4.69, 9.17) is 11.6 Å². The van der Waals surface area contributed by atoms with Crippen LogP contribution in [0.5, 0.6) is 0 Å². The van der Waals surface area contributed by atoms with E-state index in [0.29, 0.717) is 5.02 Å². The van der Waals surface area contributed by atoms with E-state index in [9.17, 15) is 26.7 Å². The first-order valence-electron chi connectivity index (χ1n) is 8.15. The van der Waals surface area contributed by atoms with Crippen LogP contribution in [0, 0.1) is 5.92 Å². The maximum atomic E-state index is 13.1. The van der Waals surface area contributed by atoms with Gasteiger partial charge in [-0.1, -0.05) is 18.5 Å². The molecule has 1 unspecified atom stereocenters. The van der Waals surface area contributed by atoms with Crippen LogP contribution in [0.25, 0.3) is 16.9 Å². The summed E-state index contributed by atoms with van der Waals surface area (Å²) in [5.41, 5.74) is -0.889. The minimum absolute atomic E-state index is 0.181. The molecule has 0 amide bonds. The maximum Gasteiger partial charge on any atom is 0.391 e. The van der Waals surface area contributed by atoms with Gasteiger partial charge in [0.15, 0.2) is 11.2 Å². The van der Waals surface area contributed by atoms with Gasteiger partial charge in [0.25, 0.3) is 12.0 Å². The molecule has 0 radical (unpaired) electrons. The summed E-state index contributed by atoms with van der Waals surface area (Å²) < 4.78 is 66.7. The molecule has 3 rings (SSSR count). The van der Waals surface area contributed by atoms with Crippen LogP contribution >= 0.6 is 11.6 Å². The van der Waals surface area contributed by atoms with Gasteiger partial charge in [-0.05, 0) is 24.3 Å². The maximum absolute atomic E-state index is 13.1. The van der Waals surface area contributed by atoms with Crippen molar-refractivity contribution < 1.29 is 22.0 Å². The number of halogens is 6. The molecule has 0 bridgehead atoms. The van der Waals surface area contributed by atoms with Crippen LogP contribution in [0.2, 0.25) is 5.02 Å². The Balaban J connectivity index is 2.23. The summed E-state index contributed by atoms with van der Waals surface area (Å²) in [7, 11) is 0. The standard InChI is InChI=1S/C17H14ClF5N4O/c1-9(17(21,22)23)6-13-25-15-14(24-8-26(15)7-12(19)20)16(28)27(13)11-4-2-10(18)3-5-11/h2-5,8-9,12H,6-7H2,1H3. The van der Waals surface area contributed by atoms with Crippen molar-refractivity contribution in [1.82, 2.24) is 19.1 Å². The molecule has 0 saturated carbocycles. The van der Waals surface area contributed by atoms with E-state index in [-0.39, 0.29) is 22.7 Å². The molecule has 0 N–H and O–H groups in total. The Bertz CT molecular complexity index is 1040. The van der Waals surface area contributed by atoms with Gasteiger partial charge in [-0.15, -0.1) is 0 Å². The lowest BCUT2D eigenvalue weighted by atomic mass is 10.1. The number of rotatable bonds is 5. The molecule has 28 heavy (non-hydrogen) atoms. The fraction of sp³-hybridized carbons (Fsp3) is 0.353. The topological polar surface area (TPSA) is 52.7 Å². The highest BCUT2D eigenvalue weighted by Crippen LogP contribution is 2.29. The summed E-state index contributed by atoms with van der Waals surface area (Å²) in [6, 6.07) is 5.85. The van der Waals surface area contributed by atoms with Gasteiger partial charge in [-0.25, -0.2) is 18.7 Å². The van der Waals surface area contributed by atoms with Gasteiger partial charge in [0.2, 0.25) is 0 Å². The van der Waals surface area contributed by atoms with E-state index in [1.54, 1.807) is 0 Å². The van der Waals surface area contributed by atoms with Crippen molar-refractivity contribution in [3.8, 4) is 5.69 Å². The third-order valence-electron chi connectivity index (χ3n) is 4.18. The minimum atomic E-state index is -4.51. The minimum Gasteiger partial charge on any atom is -0.309 e. The highest BCUT2D eigenvalue weighted by Gasteiger charge is 2.37. The van der Waals surface area contributed by atoms with Crippen LogP contribution in [-0.4, -0.2) is 31.7 Å². The normalized spacial score (nSPS) is 13.4. The van der Waals surface area contributed by atoms with E-state index in [0.717, 1.165) is 22.4 Å². The second-order valence-corrected chi connectivity index (χ2v) is 6.69. The average molecular weight is 421 g/mol. The van der Waals surface area contributed by atoms with Crippen LogP contribution in [0.4, 0.5) is 22.0 Å². The molecular weight excluding hydrogens is 407 g/mol. The van der Waals surface area contributed by atoms with E-state index < -0.39 is 37.0 Å². The molecule has 150 valence electrons. The number of nitrogens with zero attached hydrogens (tertiary/aromatic N) is 4. The molecule has 0 aliphatic heterocycles. The second-order valence-electron chi connectivity index (χ2n) is 6.25. The summed E-state index contributed by atoms with van der Waals surface area (Å²) in [6.07, 6.45) is -6.85. The first kappa shape index (κ1) is 20.2. The van der Waals surface area contributed by atoms with Gasteiger partial charge in [0.1, 0.15) is 5.82 Å². The highest BCUT2D eigenvalue weighted by molar-refractivity contribution is 6.30. The smallest absolute Gasteiger partial charge is 0.309 e. The summed E-state index contributed by atoms with van der Waals surface area (Å²) in [5.74, 6) is -2.01. The molecule has 2 heterocycles. The molecular formula is C17H14ClF5N4O. The summed E-state index contributed by atoms with van der Waals surface area (Å²) in [4.78, 5) is 20.8. The van der Waals surface area contributed by atoms with E-state index >= 15 is 0 Å². The van der Waals surface area contributed by atoms with Gasteiger partial charge >= 0.3 is 6.18 Å². The van der Waals surface area contributed by atoms with Crippen LogP contribution in [0.15, 0.2) is 35.4 Å². The number of hydrogen-bond acceptors (Lipinski definition) is 3. The Hall–Kier alpha value is -2.49. The van der Waals surface area contributed by atoms with E-state index in [2.05, 4.69) is 9.97 Å². The van der Waals surface area contributed by atoms with Gasteiger partial charge < -0.3 is 4.57 Å². The molecule has 0 aliphatic carbocycles. The predicted octanol–water partition coefficient (Wildman–Crippen LogP) is 4.24. The third kappa shape index (κ3) is 4.01. The summed E-state index contributed by atoms with van der Waals surface area (Å²) in [6.45, 7) is 0.182. The molecule has 2 aromatic heterocycles. The van der Waals surface area contributed by atoms with Gasteiger partial charge in [-0.3, -0.25) is 9.36 Å². The molecule has 5 nitrogen and oxygen atoms in total. The zero-order chi connectivity index (χ0) is 20.6. The second kappa shape index (κ2) is 7.50. The quantitative estimate of drug-likeness (QED) is 0.580. The van der Waals surface area contributed by atoms with Crippen LogP contribution < -0.4 is 5.56 Å². The Labute approximate surface area is 160 Å². The largest absolute Gasteiger partial charge is 0.391 e. The molecule has 11 heteroatoms. The summed E-state index contributed by atoms with van der Waals surface area (Å²) >= 11 is 5.83. The van der Waals surface area contributed by atoms with Gasteiger partial charge in [-0.2, -0.15) is 13.2 Å². The first-order chi connectivity index (χ1) is 13.1. The number of benzene rings is 1. The van der Waals surface area contributed by atoms with Crippen molar-refractivity contribution in [1.29, 1.82) is 0 Å². The monoisotopic (exact) mass is 420 g/mol. The summed E-state index contributed by atoms with van der Waals surface area (Å²) in [5, 5.41) is 0.372. The third-order valence-corrected chi connectivity index (χ3v) is 4.43. The molecule has 3 aromatic rings. The predicted molar refractivity (Wildman–Crippen MR) is 93.1 cm³/mol. The zero-order valence-electron chi connectivity index (χ0n) is 14.4. The lowest BCUT2D eigenvalue weighted by Crippen LogP contribution is -2.29. The molecule has 0 aliphatic rings. The molecule has 0 spiro atoms. The lowest BCUT2D eigenvalue weighted by molar-refractivity contribution is -0.169. The number of imidazole rings is 1.